The molecule has 0 unspecified atom stereocenters. The van der Waals surface area contributed by atoms with Crippen LogP contribution in [-0.4, -0.2) is 29.4 Å². The number of methoxy groups -OCH3 is 1. The van der Waals surface area contributed by atoms with Crippen molar-refractivity contribution in [2.45, 2.75) is 25.3 Å². The molecule has 1 aromatic heterocycles. The van der Waals surface area contributed by atoms with Crippen LogP contribution in [0.5, 0.6) is 5.75 Å². The largest absolute Gasteiger partial charge is 0.497 e. The number of nitrogens with zero attached hydrogens (tertiary/aromatic N) is 1. The molecule has 2 heterocycles. The monoisotopic (exact) mass is 428 g/mol. The molecule has 3 aromatic carbocycles. The van der Waals surface area contributed by atoms with Gasteiger partial charge in [0.2, 0.25) is 5.91 Å². The molecule has 1 N–H and O–H groups in total. The number of nitrogens with one attached hydrogen (secondary N) is 1. The Labute approximate surface area is 186 Å². The topological polar surface area (TPSA) is 45.3 Å². The molecule has 5 heteroatoms. The number of hydrogen-bond acceptors (Lipinski definition) is 2. The number of aryl methyl sites for hydroxylation is 1. The quantitative estimate of drug-likeness (QED) is 0.461. The van der Waals surface area contributed by atoms with Crippen molar-refractivity contribution in [2.75, 3.05) is 13.7 Å². The Kier molecular flexibility index (Phi) is 5.39. The standard InChI is InChI=1S/C27H25FN2O2/c1-32-21-13-6-18(7-14-21)8-15-25(31)30-17-16-23-22-4-2-3-5-24(22)29-26(23)27(30)19-9-11-20(28)12-10-19/h2-7,9-14,27,29H,8,15-17H2,1H3/t27-/m0/s1. The van der Waals surface area contributed by atoms with Crippen molar-refractivity contribution in [1.82, 2.24) is 9.88 Å². The fourth-order valence-electron chi connectivity index (χ4n) is 4.69. The maximum Gasteiger partial charge on any atom is 0.223 e. The molecule has 0 spiro atoms. The van der Waals surface area contributed by atoms with Gasteiger partial charge in [-0.2, -0.15) is 0 Å². The number of carbonyl (C=O) groups is 1. The maximum atomic E-state index is 13.6. The average Bonchev–Trinajstić information content (AvgIpc) is 3.21. The number of para-hydroxylation sites is 1. The van der Waals surface area contributed by atoms with E-state index >= 15 is 0 Å². The fraction of sp³-hybridized carbons (Fsp3) is 0.222. The van der Waals surface area contributed by atoms with Gasteiger partial charge in [0.25, 0.3) is 0 Å². The van der Waals surface area contributed by atoms with E-state index in [9.17, 15) is 9.18 Å². The highest BCUT2D eigenvalue weighted by molar-refractivity contribution is 5.86. The lowest BCUT2D eigenvalue weighted by Gasteiger charge is -2.36. The Morgan fingerprint density at radius 3 is 2.56 bits per heavy atom. The van der Waals surface area contributed by atoms with E-state index in [4.69, 9.17) is 4.74 Å². The van der Waals surface area contributed by atoms with Gasteiger partial charge in [-0.3, -0.25) is 4.79 Å². The first-order valence-electron chi connectivity index (χ1n) is 10.9. The van der Waals surface area contributed by atoms with Gasteiger partial charge in [0, 0.05) is 29.6 Å². The lowest BCUT2D eigenvalue weighted by molar-refractivity contribution is -0.133. The molecule has 5 rings (SSSR count). The highest BCUT2D eigenvalue weighted by Gasteiger charge is 2.34. The minimum absolute atomic E-state index is 0.0967. The predicted octanol–water partition coefficient (Wildman–Crippen LogP) is 5.42. The maximum absolute atomic E-state index is 13.6. The second-order valence-corrected chi connectivity index (χ2v) is 8.20. The molecule has 1 aliphatic rings. The molecular formula is C27H25FN2O2. The molecule has 0 saturated carbocycles. The second-order valence-electron chi connectivity index (χ2n) is 8.20. The Morgan fingerprint density at radius 2 is 1.81 bits per heavy atom. The van der Waals surface area contributed by atoms with E-state index in [1.165, 1.54) is 23.1 Å². The number of rotatable bonds is 5. The van der Waals surface area contributed by atoms with Gasteiger partial charge in [-0.05, 0) is 59.9 Å². The van der Waals surface area contributed by atoms with Gasteiger partial charge in [-0.1, -0.05) is 42.5 Å². The highest BCUT2D eigenvalue weighted by Crippen LogP contribution is 2.38. The van der Waals surface area contributed by atoms with Crippen LogP contribution in [0.4, 0.5) is 4.39 Å². The van der Waals surface area contributed by atoms with E-state index in [2.05, 4.69) is 17.1 Å². The number of carbonyl (C=O) groups excluding carboxylic acids is 1. The van der Waals surface area contributed by atoms with Crippen LogP contribution in [-0.2, 0) is 17.6 Å². The van der Waals surface area contributed by atoms with Crippen LogP contribution in [0, 0.1) is 5.82 Å². The summed E-state index contributed by atoms with van der Waals surface area (Å²) in [7, 11) is 1.64. The van der Waals surface area contributed by atoms with Crippen molar-refractivity contribution < 1.29 is 13.9 Å². The van der Waals surface area contributed by atoms with Crippen LogP contribution in [0.1, 0.15) is 34.8 Å². The average molecular weight is 429 g/mol. The number of benzene rings is 3. The van der Waals surface area contributed by atoms with Crippen LogP contribution in [0.2, 0.25) is 0 Å². The van der Waals surface area contributed by atoms with E-state index in [1.54, 1.807) is 19.2 Å². The third-order valence-electron chi connectivity index (χ3n) is 6.33. The summed E-state index contributed by atoms with van der Waals surface area (Å²) in [5, 5.41) is 1.19. The minimum atomic E-state index is -0.279. The fourth-order valence-corrected chi connectivity index (χ4v) is 4.69. The lowest BCUT2D eigenvalue weighted by atomic mass is 9.92. The van der Waals surface area contributed by atoms with Crippen LogP contribution in [0.3, 0.4) is 0 Å². The van der Waals surface area contributed by atoms with Gasteiger partial charge >= 0.3 is 0 Å². The third kappa shape index (κ3) is 3.75. The summed E-state index contributed by atoms with van der Waals surface area (Å²) in [5.74, 6) is 0.622. The molecule has 4 aromatic rings. The molecule has 4 nitrogen and oxygen atoms in total. The first-order valence-corrected chi connectivity index (χ1v) is 10.9. The van der Waals surface area contributed by atoms with E-state index in [0.29, 0.717) is 19.4 Å². The molecule has 0 bridgehead atoms. The first kappa shape index (κ1) is 20.3. The molecule has 0 radical (unpaired) electrons. The molecular weight excluding hydrogens is 403 g/mol. The number of amides is 1. The van der Waals surface area contributed by atoms with Crippen LogP contribution >= 0.6 is 0 Å². The smallest absolute Gasteiger partial charge is 0.223 e. The normalized spacial score (nSPS) is 15.6. The number of ether oxygens (including phenoxy) is 1. The number of aromatic amines is 1. The summed E-state index contributed by atoms with van der Waals surface area (Å²) in [5.41, 5.74) is 5.35. The summed E-state index contributed by atoms with van der Waals surface area (Å²) in [6, 6.07) is 22.3. The van der Waals surface area contributed by atoms with Gasteiger partial charge in [0.15, 0.2) is 0 Å². The van der Waals surface area contributed by atoms with E-state index < -0.39 is 0 Å². The van der Waals surface area contributed by atoms with E-state index in [1.807, 2.05) is 41.3 Å². The molecule has 162 valence electrons. The molecule has 0 aliphatic carbocycles. The zero-order valence-corrected chi connectivity index (χ0v) is 18.0. The van der Waals surface area contributed by atoms with Gasteiger partial charge in [0.1, 0.15) is 11.6 Å². The summed E-state index contributed by atoms with van der Waals surface area (Å²) < 4.78 is 18.9. The van der Waals surface area contributed by atoms with Gasteiger partial charge in [0.05, 0.1) is 13.2 Å². The molecule has 32 heavy (non-hydrogen) atoms. The van der Waals surface area contributed by atoms with Crippen molar-refractivity contribution in [3.05, 3.63) is 101 Å². The minimum Gasteiger partial charge on any atom is -0.497 e. The van der Waals surface area contributed by atoms with Crippen molar-refractivity contribution in [2.24, 2.45) is 0 Å². The van der Waals surface area contributed by atoms with Crippen molar-refractivity contribution in [1.29, 1.82) is 0 Å². The third-order valence-corrected chi connectivity index (χ3v) is 6.33. The zero-order chi connectivity index (χ0) is 22.1. The first-order chi connectivity index (χ1) is 15.6. The van der Waals surface area contributed by atoms with Gasteiger partial charge < -0.3 is 14.6 Å². The summed E-state index contributed by atoms with van der Waals surface area (Å²) in [4.78, 5) is 18.9. The number of halogens is 1. The van der Waals surface area contributed by atoms with E-state index in [-0.39, 0.29) is 17.8 Å². The molecule has 0 fully saturated rings. The van der Waals surface area contributed by atoms with Crippen LogP contribution in [0.15, 0.2) is 72.8 Å². The van der Waals surface area contributed by atoms with Gasteiger partial charge in [-0.25, -0.2) is 4.39 Å². The SMILES string of the molecule is COc1ccc(CCC(=O)N2CCc3c([nH]c4ccccc34)[C@@H]2c2ccc(F)cc2)cc1. The van der Waals surface area contributed by atoms with Gasteiger partial charge in [-0.15, -0.1) is 0 Å². The molecule has 1 amide bonds. The van der Waals surface area contributed by atoms with Crippen molar-refractivity contribution in [3.8, 4) is 5.75 Å². The van der Waals surface area contributed by atoms with Crippen LogP contribution < -0.4 is 4.74 Å². The Balaban J connectivity index is 1.46. The molecule has 1 aliphatic heterocycles. The Morgan fingerprint density at radius 1 is 1.06 bits per heavy atom. The predicted molar refractivity (Wildman–Crippen MR) is 123 cm³/mol. The number of fused-ring (bicyclic) bond motifs is 3. The zero-order valence-electron chi connectivity index (χ0n) is 18.0. The lowest BCUT2D eigenvalue weighted by Crippen LogP contribution is -2.40. The number of aromatic nitrogens is 1. The van der Waals surface area contributed by atoms with E-state index in [0.717, 1.165) is 34.5 Å². The van der Waals surface area contributed by atoms with Crippen molar-refractivity contribution >= 4 is 16.8 Å². The summed E-state index contributed by atoms with van der Waals surface area (Å²) in [6.45, 7) is 0.637. The Hall–Kier alpha value is -3.60. The second kappa shape index (κ2) is 8.50. The highest BCUT2D eigenvalue weighted by atomic mass is 19.1. The number of H-pyrrole nitrogens is 1. The van der Waals surface area contributed by atoms with Crippen molar-refractivity contribution in [3.63, 3.8) is 0 Å². The summed E-state index contributed by atoms with van der Waals surface area (Å²) in [6.07, 6.45) is 1.87. The molecule has 1 atom stereocenters. The number of hydrogen-bond donors (Lipinski definition) is 1. The Bertz CT molecular complexity index is 1250. The van der Waals surface area contributed by atoms with Crippen LogP contribution in [0.25, 0.3) is 10.9 Å². The molecule has 0 saturated heterocycles. The summed E-state index contributed by atoms with van der Waals surface area (Å²) >= 11 is 0.